The summed E-state index contributed by atoms with van der Waals surface area (Å²) in [6, 6.07) is 13.4. The van der Waals surface area contributed by atoms with Crippen LogP contribution in [0.4, 0.5) is 5.69 Å². The number of rotatable bonds is 6. The predicted molar refractivity (Wildman–Crippen MR) is 98.2 cm³/mol. The number of nitrogens with one attached hydrogen (secondary N) is 2. The SMILES string of the molecule is COc1cccc(C[C@@H](C(=O)Nc2ccc(C)c(C)c2)c2nn[nH]n2)c1. The van der Waals surface area contributed by atoms with Gasteiger partial charge >= 0.3 is 0 Å². The van der Waals surface area contributed by atoms with Crippen molar-refractivity contribution in [3.05, 3.63) is 65.0 Å². The van der Waals surface area contributed by atoms with Gasteiger partial charge in [0, 0.05) is 5.69 Å². The monoisotopic (exact) mass is 351 g/mol. The molecule has 1 heterocycles. The maximum atomic E-state index is 12.9. The molecular weight excluding hydrogens is 330 g/mol. The molecule has 0 fully saturated rings. The molecule has 0 aliphatic carbocycles. The number of anilines is 1. The number of aromatic amines is 1. The van der Waals surface area contributed by atoms with E-state index in [1.54, 1.807) is 7.11 Å². The van der Waals surface area contributed by atoms with Crippen LogP contribution >= 0.6 is 0 Å². The Balaban J connectivity index is 1.83. The Labute approximate surface area is 151 Å². The quantitative estimate of drug-likeness (QED) is 0.712. The summed E-state index contributed by atoms with van der Waals surface area (Å²) >= 11 is 0. The van der Waals surface area contributed by atoms with E-state index in [2.05, 4.69) is 25.9 Å². The minimum atomic E-state index is -0.567. The number of amides is 1. The van der Waals surface area contributed by atoms with Crippen molar-refractivity contribution < 1.29 is 9.53 Å². The average Bonchev–Trinajstić information content (AvgIpc) is 3.17. The molecule has 3 aromatic rings. The van der Waals surface area contributed by atoms with Crippen LogP contribution in [-0.4, -0.2) is 33.6 Å². The average molecular weight is 351 g/mol. The van der Waals surface area contributed by atoms with E-state index in [0.29, 0.717) is 12.2 Å². The Bertz CT molecular complexity index is 893. The van der Waals surface area contributed by atoms with Crippen LogP contribution in [0.15, 0.2) is 42.5 Å². The molecule has 7 heteroatoms. The highest BCUT2D eigenvalue weighted by Gasteiger charge is 2.25. The first-order valence-corrected chi connectivity index (χ1v) is 8.31. The van der Waals surface area contributed by atoms with E-state index in [4.69, 9.17) is 4.74 Å². The van der Waals surface area contributed by atoms with Gasteiger partial charge in [0.15, 0.2) is 5.82 Å². The van der Waals surface area contributed by atoms with E-state index in [-0.39, 0.29) is 5.91 Å². The van der Waals surface area contributed by atoms with E-state index in [1.165, 1.54) is 5.56 Å². The van der Waals surface area contributed by atoms with Crippen LogP contribution in [0.25, 0.3) is 0 Å². The van der Waals surface area contributed by atoms with Crippen molar-refractivity contribution in [2.45, 2.75) is 26.2 Å². The zero-order chi connectivity index (χ0) is 18.5. The van der Waals surface area contributed by atoms with Gasteiger partial charge in [0.25, 0.3) is 0 Å². The minimum Gasteiger partial charge on any atom is -0.497 e. The Hall–Kier alpha value is -3.22. The number of H-pyrrole nitrogens is 1. The van der Waals surface area contributed by atoms with E-state index in [1.807, 2.05) is 56.3 Å². The van der Waals surface area contributed by atoms with Crippen molar-refractivity contribution in [1.82, 2.24) is 20.6 Å². The molecule has 134 valence electrons. The number of hydrogen-bond donors (Lipinski definition) is 2. The first kappa shape index (κ1) is 17.6. The van der Waals surface area contributed by atoms with Crippen molar-refractivity contribution >= 4 is 11.6 Å². The highest BCUT2D eigenvalue weighted by atomic mass is 16.5. The third-order valence-corrected chi connectivity index (χ3v) is 4.34. The second-order valence-electron chi connectivity index (χ2n) is 6.17. The number of nitrogens with zero attached hydrogens (tertiary/aromatic N) is 3. The molecule has 26 heavy (non-hydrogen) atoms. The highest BCUT2D eigenvalue weighted by Crippen LogP contribution is 2.23. The van der Waals surface area contributed by atoms with Crippen LogP contribution in [0.3, 0.4) is 0 Å². The second kappa shape index (κ2) is 7.77. The summed E-state index contributed by atoms with van der Waals surface area (Å²) < 4.78 is 5.26. The summed E-state index contributed by atoms with van der Waals surface area (Å²) in [7, 11) is 1.61. The Morgan fingerprint density at radius 3 is 2.73 bits per heavy atom. The molecule has 1 atom stereocenters. The number of tetrazole rings is 1. The van der Waals surface area contributed by atoms with Gasteiger partial charge in [0.2, 0.25) is 5.91 Å². The van der Waals surface area contributed by atoms with Crippen LogP contribution in [0.2, 0.25) is 0 Å². The molecule has 0 unspecified atom stereocenters. The fourth-order valence-electron chi connectivity index (χ4n) is 2.70. The maximum Gasteiger partial charge on any atom is 0.235 e. The molecular formula is C19H21N5O2. The van der Waals surface area contributed by atoms with Gasteiger partial charge in [-0.15, -0.1) is 10.2 Å². The molecule has 2 aromatic carbocycles. The summed E-state index contributed by atoms with van der Waals surface area (Å²) in [6.45, 7) is 4.05. The Morgan fingerprint density at radius 2 is 2.04 bits per heavy atom. The van der Waals surface area contributed by atoms with Gasteiger partial charge in [-0.2, -0.15) is 5.21 Å². The normalized spacial score (nSPS) is 11.8. The number of methoxy groups -OCH3 is 1. The van der Waals surface area contributed by atoms with Crippen LogP contribution in [-0.2, 0) is 11.2 Å². The molecule has 7 nitrogen and oxygen atoms in total. The van der Waals surface area contributed by atoms with Gasteiger partial charge in [-0.05, 0) is 61.2 Å². The lowest BCUT2D eigenvalue weighted by Crippen LogP contribution is -2.24. The van der Waals surface area contributed by atoms with Crippen LogP contribution < -0.4 is 10.1 Å². The fraction of sp³-hybridized carbons (Fsp3) is 0.263. The zero-order valence-electron chi connectivity index (χ0n) is 15.0. The number of benzene rings is 2. The van der Waals surface area contributed by atoms with E-state index < -0.39 is 5.92 Å². The third-order valence-electron chi connectivity index (χ3n) is 4.34. The van der Waals surface area contributed by atoms with Crippen LogP contribution in [0, 0.1) is 13.8 Å². The van der Waals surface area contributed by atoms with Crippen LogP contribution in [0.1, 0.15) is 28.4 Å². The van der Waals surface area contributed by atoms with Crippen molar-refractivity contribution in [3.8, 4) is 5.75 Å². The molecule has 0 aliphatic heterocycles. The standard InChI is InChI=1S/C19H21N5O2/c1-12-7-8-15(9-13(12)2)20-19(25)17(18-21-23-24-22-18)11-14-5-4-6-16(10-14)26-3/h4-10,17H,11H2,1-3H3,(H,20,25)(H,21,22,23,24)/t17-/m1/s1. The number of carbonyl (C=O) groups is 1. The van der Waals surface area contributed by atoms with E-state index in [0.717, 1.165) is 22.6 Å². The van der Waals surface area contributed by atoms with Crippen molar-refractivity contribution in [3.63, 3.8) is 0 Å². The molecule has 0 radical (unpaired) electrons. The van der Waals surface area contributed by atoms with Crippen molar-refractivity contribution in [2.75, 3.05) is 12.4 Å². The molecule has 0 aliphatic rings. The van der Waals surface area contributed by atoms with Crippen LogP contribution in [0.5, 0.6) is 5.75 Å². The maximum absolute atomic E-state index is 12.9. The largest absolute Gasteiger partial charge is 0.497 e. The summed E-state index contributed by atoms with van der Waals surface area (Å²) in [5.74, 6) is 0.345. The number of aromatic nitrogens is 4. The molecule has 0 saturated heterocycles. The van der Waals surface area contributed by atoms with Gasteiger partial charge in [-0.25, -0.2) is 0 Å². The lowest BCUT2D eigenvalue weighted by atomic mass is 9.97. The molecule has 1 aromatic heterocycles. The molecule has 0 saturated carbocycles. The van der Waals surface area contributed by atoms with Gasteiger partial charge in [-0.1, -0.05) is 23.4 Å². The fourth-order valence-corrected chi connectivity index (χ4v) is 2.70. The first-order chi connectivity index (χ1) is 12.6. The van der Waals surface area contributed by atoms with Gasteiger partial charge in [-0.3, -0.25) is 4.79 Å². The highest BCUT2D eigenvalue weighted by molar-refractivity contribution is 5.95. The van der Waals surface area contributed by atoms with E-state index in [9.17, 15) is 4.79 Å². The summed E-state index contributed by atoms with van der Waals surface area (Å²) in [4.78, 5) is 12.9. The smallest absolute Gasteiger partial charge is 0.235 e. The minimum absolute atomic E-state index is 0.183. The van der Waals surface area contributed by atoms with Crippen molar-refractivity contribution in [1.29, 1.82) is 0 Å². The molecule has 0 spiro atoms. The number of aryl methyl sites for hydroxylation is 2. The summed E-state index contributed by atoms with van der Waals surface area (Å²) in [5, 5.41) is 17.0. The van der Waals surface area contributed by atoms with Gasteiger partial charge < -0.3 is 10.1 Å². The Morgan fingerprint density at radius 1 is 1.19 bits per heavy atom. The summed E-state index contributed by atoms with van der Waals surface area (Å²) in [5.41, 5.74) is 3.99. The molecule has 2 N–H and O–H groups in total. The lowest BCUT2D eigenvalue weighted by Gasteiger charge is -2.15. The van der Waals surface area contributed by atoms with Gasteiger partial charge in [0.1, 0.15) is 11.7 Å². The zero-order valence-corrected chi connectivity index (χ0v) is 15.0. The van der Waals surface area contributed by atoms with Gasteiger partial charge in [0.05, 0.1) is 7.11 Å². The first-order valence-electron chi connectivity index (χ1n) is 8.31. The number of ether oxygens (including phenoxy) is 1. The number of carbonyl (C=O) groups excluding carboxylic acids is 1. The van der Waals surface area contributed by atoms with E-state index >= 15 is 0 Å². The molecule has 0 bridgehead atoms. The third kappa shape index (κ3) is 4.05. The molecule has 3 rings (SSSR count). The summed E-state index contributed by atoms with van der Waals surface area (Å²) in [6.07, 6.45) is 0.438. The molecule has 1 amide bonds. The van der Waals surface area contributed by atoms with Crippen molar-refractivity contribution in [2.24, 2.45) is 0 Å². The lowest BCUT2D eigenvalue weighted by molar-refractivity contribution is -0.117. The number of hydrogen-bond acceptors (Lipinski definition) is 5. The Kier molecular flexibility index (Phi) is 5.26. The second-order valence-corrected chi connectivity index (χ2v) is 6.17. The topological polar surface area (TPSA) is 92.8 Å². The predicted octanol–water partition coefficient (Wildman–Crippen LogP) is 2.79.